The van der Waals surface area contributed by atoms with Gasteiger partial charge in [0, 0.05) is 17.8 Å². The quantitative estimate of drug-likeness (QED) is 0.0976. The van der Waals surface area contributed by atoms with E-state index in [2.05, 4.69) is 19.2 Å². The van der Waals surface area contributed by atoms with Crippen molar-refractivity contribution in [1.29, 1.82) is 0 Å². The molecular weight excluding hydrogens is 669 g/mol. The highest BCUT2D eigenvalue weighted by molar-refractivity contribution is 5.97. The topological polar surface area (TPSA) is 131 Å². The summed E-state index contributed by atoms with van der Waals surface area (Å²) in [5.41, 5.74) is -0.00220. The van der Waals surface area contributed by atoms with Gasteiger partial charge in [-0.3, -0.25) is 14.4 Å². The Morgan fingerprint density at radius 1 is 0.824 bits per heavy atom. The summed E-state index contributed by atoms with van der Waals surface area (Å²) in [6.45, 7) is 4.08. The van der Waals surface area contributed by atoms with E-state index in [-0.39, 0.29) is 34.9 Å². The van der Waals surface area contributed by atoms with Crippen molar-refractivity contribution in [3.8, 4) is 17.2 Å². The van der Waals surface area contributed by atoms with Gasteiger partial charge in [0.25, 0.3) is 5.91 Å². The number of carbonyl (C=O) groups is 4. The lowest BCUT2D eigenvalue weighted by molar-refractivity contribution is -0.139. The van der Waals surface area contributed by atoms with Gasteiger partial charge < -0.3 is 29.5 Å². The van der Waals surface area contributed by atoms with Gasteiger partial charge in [0.15, 0.2) is 0 Å². The van der Waals surface area contributed by atoms with Crippen molar-refractivity contribution >= 4 is 29.4 Å². The normalized spacial score (nSPS) is 11.1. The number of nitrogens with zero attached hydrogens (tertiary/aromatic N) is 1. The largest absolute Gasteiger partial charge is 0.497 e. The van der Waals surface area contributed by atoms with Crippen molar-refractivity contribution in [2.75, 3.05) is 25.6 Å². The Bertz CT molecular complexity index is 1820. The van der Waals surface area contributed by atoms with Crippen LogP contribution < -0.4 is 19.5 Å². The lowest BCUT2D eigenvalue weighted by atomic mass is 10.0. The SMILES string of the molecule is COc1ccc(CC(=O)Nc2ccc(C(=O)N(CC(=O)O)Cc3ccc(OC(=O)c4ccc(OCCC(C)C)cc4)cc3)cc2)c(C(F)(F)F)c1. The van der Waals surface area contributed by atoms with Crippen LogP contribution in [-0.4, -0.2) is 54.0 Å². The molecule has 0 fully saturated rings. The van der Waals surface area contributed by atoms with Crippen LogP contribution in [0.5, 0.6) is 17.2 Å². The van der Waals surface area contributed by atoms with Crippen molar-refractivity contribution < 1.29 is 51.7 Å². The Morgan fingerprint density at radius 2 is 1.43 bits per heavy atom. The highest BCUT2D eigenvalue weighted by atomic mass is 19.4. The number of ether oxygens (including phenoxy) is 3. The molecule has 268 valence electrons. The van der Waals surface area contributed by atoms with Crippen LogP contribution in [0.3, 0.4) is 0 Å². The van der Waals surface area contributed by atoms with Gasteiger partial charge in [-0.15, -0.1) is 0 Å². The number of carbonyl (C=O) groups excluding carboxylic acids is 3. The first kappa shape index (κ1) is 38.0. The molecule has 0 heterocycles. The second kappa shape index (κ2) is 17.2. The van der Waals surface area contributed by atoms with E-state index in [1.807, 2.05) is 0 Å². The highest BCUT2D eigenvalue weighted by Crippen LogP contribution is 2.35. The molecule has 4 rings (SSSR count). The van der Waals surface area contributed by atoms with Crippen molar-refractivity contribution in [2.45, 2.75) is 39.4 Å². The van der Waals surface area contributed by atoms with Crippen molar-refractivity contribution in [1.82, 2.24) is 4.90 Å². The van der Waals surface area contributed by atoms with Crippen LogP contribution in [0.25, 0.3) is 0 Å². The highest BCUT2D eigenvalue weighted by Gasteiger charge is 2.34. The number of hydrogen-bond donors (Lipinski definition) is 2. The fraction of sp³-hybridized carbons (Fsp3) is 0.263. The molecule has 0 spiro atoms. The first-order valence-electron chi connectivity index (χ1n) is 15.9. The van der Waals surface area contributed by atoms with E-state index in [1.165, 1.54) is 55.6 Å². The number of carboxylic acid groups (broad SMARTS) is 1. The Morgan fingerprint density at radius 3 is 2.02 bits per heavy atom. The minimum Gasteiger partial charge on any atom is -0.497 e. The molecule has 0 bridgehead atoms. The van der Waals surface area contributed by atoms with Gasteiger partial charge in [0.05, 0.1) is 31.3 Å². The van der Waals surface area contributed by atoms with E-state index >= 15 is 0 Å². The fourth-order valence-electron chi connectivity index (χ4n) is 4.87. The molecule has 0 atom stereocenters. The molecule has 0 radical (unpaired) electrons. The molecule has 2 amide bonds. The zero-order valence-corrected chi connectivity index (χ0v) is 28.2. The molecule has 0 unspecified atom stereocenters. The third-order valence-electron chi connectivity index (χ3n) is 7.56. The molecule has 4 aromatic rings. The van der Waals surface area contributed by atoms with Gasteiger partial charge in [0.1, 0.15) is 23.8 Å². The second-order valence-corrected chi connectivity index (χ2v) is 12.0. The second-order valence-electron chi connectivity index (χ2n) is 12.0. The average Bonchev–Trinajstić information content (AvgIpc) is 3.08. The molecule has 0 aromatic heterocycles. The maximum atomic E-state index is 13.5. The predicted molar refractivity (Wildman–Crippen MR) is 182 cm³/mol. The number of benzene rings is 4. The van der Waals surface area contributed by atoms with Crippen molar-refractivity contribution in [3.63, 3.8) is 0 Å². The molecule has 4 aromatic carbocycles. The third-order valence-corrected chi connectivity index (χ3v) is 7.56. The number of nitrogens with one attached hydrogen (secondary N) is 1. The van der Waals surface area contributed by atoms with Crippen LogP contribution in [-0.2, 0) is 28.7 Å². The Labute approximate surface area is 292 Å². The smallest absolute Gasteiger partial charge is 0.416 e. The number of anilines is 1. The Balaban J connectivity index is 1.35. The summed E-state index contributed by atoms with van der Waals surface area (Å²) in [7, 11) is 1.24. The summed E-state index contributed by atoms with van der Waals surface area (Å²) in [4.78, 5) is 51.3. The lowest BCUT2D eigenvalue weighted by Gasteiger charge is -2.21. The summed E-state index contributed by atoms with van der Waals surface area (Å²) in [6.07, 6.45) is -4.35. The van der Waals surface area contributed by atoms with E-state index in [0.717, 1.165) is 17.4 Å². The molecule has 0 aliphatic carbocycles. The van der Waals surface area contributed by atoms with E-state index in [9.17, 15) is 37.5 Å². The van der Waals surface area contributed by atoms with Crippen LogP contribution >= 0.6 is 0 Å². The first-order chi connectivity index (χ1) is 24.2. The summed E-state index contributed by atoms with van der Waals surface area (Å²) in [5.74, 6) is -1.75. The third kappa shape index (κ3) is 11.3. The summed E-state index contributed by atoms with van der Waals surface area (Å²) in [6, 6.07) is 21.7. The number of methoxy groups -OCH3 is 1. The van der Waals surface area contributed by atoms with Crippen LogP contribution in [0.15, 0.2) is 91.0 Å². The van der Waals surface area contributed by atoms with Gasteiger partial charge in [0.2, 0.25) is 5.91 Å². The maximum Gasteiger partial charge on any atom is 0.416 e. The maximum absolute atomic E-state index is 13.5. The number of halogens is 3. The van der Waals surface area contributed by atoms with Crippen LogP contribution in [0.2, 0.25) is 0 Å². The van der Waals surface area contributed by atoms with E-state index in [0.29, 0.717) is 29.4 Å². The lowest BCUT2D eigenvalue weighted by Crippen LogP contribution is -2.35. The average molecular weight is 707 g/mol. The minimum absolute atomic E-state index is 0.00242. The van der Waals surface area contributed by atoms with Crippen LogP contribution in [0, 0.1) is 5.92 Å². The number of rotatable bonds is 15. The molecule has 2 N–H and O–H groups in total. The number of amides is 2. The first-order valence-corrected chi connectivity index (χ1v) is 15.9. The van der Waals surface area contributed by atoms with Crippen molar-refractivity contribution in [3.05, 3.63) is 119 Å². The number of carboxylic acids is 1. The van der Waals surface area contributed by atoms with Crippen molar-refractivity contribution in [2.24, 2.45) is 5.92 Å². The Kier molecular flexibility index (Phi) is 12.8. The molecule has 0 aliphatic rings. The van der Waals surface area contributed by atoms with E-state index in [1.54, 1.807) is 36.4 Å². The molecule has 0 saturated carbocycles. The zero-order chi connectivity index (χ0) is 37.1. The van der Waals surface area contributed by atoms with Gasteiger partial charge in [-0.2, -0.15) is 13.2 Å². The number of esters is 1. The molecule has 0 aliphatic heterocycles. The summed E-state index contributed by atoms with van der Waals surface area (Å²) in [5, 5.41) is 12.0. The summed E-state index contributed by atoms with van der Waals surface area (Å²) < 4.78 is 56.6. The minimum atomic E-state index is -4.70. The molecule has 51 heavy (non-hydrogen) atoms. The fourth-order valence-corrected chi connectivity index (χ4v) is 4.87. The van der Waals surface area contributed by atoms with Gasteiger partial charge in [-0.25, -0.2) is 4.79 Å². The van der Waals surface area contributed by atoms with E-state index < -0.39 is 48.5 Å². The van der Waals surface area contributed by atoms with Gasteiger partial charge in [-0.1, -0.05) is 32.0 Å². The number of hydrogen-bond acceptors (Lipinski definition) is 7. The molecular formula is C38H37F3N2O8. The standard InChI is InChI=1S/C38H37F3N2O8/c1-24(2)18-19-50-30-15-8-27(9-16-30)37(48)51-31-13-4-25(5-14-31)22-43(23-35(45)46)36(47)26-6-11-29(12-7-26)42-34(44)20-28-10-17-32(49-3)21-33(28)38(39,40)41/h4-17,21,24H,18-20,22-23H2,1-3H3,(H,42,44)(H,45,46). The molecule has 10 nitrogen and oxygen atoms in total. The van der Waals surface area contributed by atoms with Crippen LogP contribution in [0.4, 0.5) is 18.9 Å². The number of alkyl halides is 3. The Hall–Kier alpha value is -5.85. The molecule has 0 saturated heterocycles. The van der Waals surface area contributed by atoms with Gasteiger partial charge in [-0.05, 0) is 96.3 Å². The number of aliphatic carboxylic acids is 1. The van der Waals surface area contributed by atoms with E-state index in [4.69, 9.17) is 14.2 Å². The predicted octanol–water partition coefficient (Wildman–Crippen LogP) is 7.27. The zero-order valence-electron chi connectivity index (χ0n) is 28.2. The monoisotopic (exact) mass is 706 g/mol. The molecule has 13 heteroatoms. The van der Waals surface area contributed by atoms with Gasteiger partial charge >= 0.3 is 18.1 Å². The van der Waals surface area contributed by atoms with Crippen LogP contribution in [0.1, 0.15) is 57.7 Å². The summed E-state index contributed by atoms with van der Waals surface area (Å²) >= 11 is 0.